The molecule has 1 nitrogen and oxygen atoms in total. The van der Waals surface area contributed by atoms with Crippen LogP contribution in [0.2, 0.25) is 10.0 Å². The SMILES string of the molecule is CCC(O)C1(c2ccc(Cl)c(Cl)c2)CCCCC1. The van der Waals surface area contributed by atoms with Gasteiger partial charge < -0.3 is 5.11 Å². The Kier molecular flexibility index (Phi) is 4.58. The zero-order valence-electron chi connectivity index (χ0n) is 10.8. The summed E-state index contributed by atoms with van der Waals surface area (Å²) in [5, 5.41) is 11.6. The van der Waals surface area contributed by atoms with Gasteiger partial charge in [-0.3, -0.25) is 0 Å². The molecule has 0 heterocycles. The fraction of sp³-hybridized carbons (Fsp3) is 0.600. The molecule has 0 radical (unpaired) electrons. The normalized spacial score (nSPS) is 20.7. The van der Waals surface area contributed by atoms with Gasteiger partial charge in [0, 0.05) is 5.41 Å². The van der Waals surface area contributed by atoms with Gasteiger partial charge in [-0.15, -0.1) is 0 Å². The highest BCUT2D eigenvalue weighted by Crippen LogP contribution is 2.44. The first-order valence-corrected chi connectivity index (χ1v) is 7.49. The van der Waals surface area contributed by atoms with E-state index in [4.69, 9.17) is 23.2 Å². The number of benzene rings is 1. The van der Waals surface area contributed by atoms with Crippen LogP contribution in [0.1, 0.15) is 51.0 Å². The summed E-state index contributed by atoms with van der Waals surface area (Å²) in [6.07, 6.45) is 6.18. The van der Waals surface area contributed by atoms with Crippen molar-refractivity contribution >= 4 is 23.2 Å². The van der Waals surface area contributed by atoms with Gasteiger partial charge in [0.2, 0.25) is 0 Å². The summed E-state index contributed by atoms with van der Waals surface area (Å²) in [4.78, 5) is 0. The maximum Gasteiger partial charge on any atom is 0.0634 e. The van der Waals surface area contributed by atoms with Crippen LogP contribution in [0.15, 0.2) is 18.2 Å². The second kappa shape index (κ2) is 5.81. The molecule has 1 saturated carbocycles. The van der Waals surface area contributed by atoms with E-state index in [1.165, 1.54) is 19.3 Å². The standard InChI is InChI=1S/C15H20Cl2O/c1-2-14(18)15(8-4-3-5-9-15)11-6-7-12(16)13(17)10-11/h6-7,10,14,18H,2-5,8-9H2,1H3. The molecule has 0 aromatic heterocycles. The lowest BCUT2D eigenvalue weighted by molar-refractivity contribution is 0.0508. The number of hydrogen-bond acceptors (Lipinski definition) is 1. The quantitative estimate of drug-likeness (QED) is 0.832. The average molecular weight is 287 g/mol. The average Bonchev–Trinajstić information content (AvgIpc) is 2.41. The van der Waals surface area contributed by atoms with E-state index in [-0.39, 0.29) is 11.5 Å². The number of rotatable bonds is 3. The summed E-state index contributed by atoms with van der Waals surface area (Å²) in [6.45, 7) is 2.04. The Hall–Kier alpha value is -0.240. The zero-order chi connectivity index (χ0) is 13.2. The van der Waals surface area contributed by atoms with E-state index in [9.17, 15) is 5.11 Å². The lowest BCUT2D eigenvalue weighted by Gasteiger charge is -2.41. The molecule has 0 aliphatic heterocycles. The number of aliphatic hydroxyl groups excluding tert-OH is 1. The van der Waals surface area contributed by atoms with Crippen molar-refractivity contribution in [1.82, 2.24) is 0 Å². The molecule has 18 heavy (non-hydrogen) atoms. The van der Waals surface area contributed by atoms with Crippen molar-refractivity contribution in [3.05, 3.63) is 33.8 Å². The van der Waals surface area contributed by atoms with Gasteiger partial charge in [0.25, 0.3) is 0 Å². The van der Waals surface area contributed by atoms with Crippen LogP contribution in [0.25, 0.3) is 0 Å². The zero-order valence-corrected chi connectivity index (χ0v) is 12.3. The molecule has 0 spiro atoms. The van der Waals surface area contributed by atoms with Gasteiger partial charge in [0.1, 0.15) is 0 Å². The van der Waals surface area contributed by atoms with Crippen LogP contribution in [0.5, 0.6) is 0 Å². The van der Waals surface area contributed by atoms with E-state index in [0.29, 0.717) is 10.0 Å². The number of hydrogen-bond donors (Lipinski definition) is 1. The minimum absolute atomic E-state index is 0.124. The molecule has 0 bridgehead atoms. The van der Waals surface area contributed by atoms with Crippen molar-refractivity contribution in [2.75, 3.05) is 0 Å². The van der Waals surface area contributed by atoms with E-state index in [1.807, 2.05) is 25.1 Å². The first-order chi connectivity index (χ1) is 8.60. The van der Waals surface area contributed by atoms with Gasteiger partial charge in [-0.25, -0.2) is 0 Å². The Morgan fingerprint density at radius 2 is 1.83 bits per heavy atom. The molecule has 0 amide bonds. The second-order valence-electron chi connectivity index (χ2n) is 5.27. The highest BCUT2D eigenvalue weighted by Gasteiger charge is 2.39. The largest absolute Gasteiger partial charge is 0.392 e. The van der Waals surface area contributed by atoms with Crippen LogP contribution in [0.4, 0.5) is 0 Å². The predicted molar refractivity (Wildman–Crippen MR) is 77.5 cm³/mol. The molecule has 2 rings (SSSR count). The lowest BCUT2D eigenvalue weighted by Crippen LogP contribution is -2.41. The van der Waals surface area contributed by atoms with Gasteiger partial charge in [-0.1, -0.05) is 55.5 Å². The maximum absolute atomic E-state index is 10.5. The Morgan fingerprint density at radius 1 is 1.17 bits per heavy atom. The monoisotopic (exact) mass is 286 g/mol. The Morgan fingerprint density at radius 3 is 2.39 bits per heavy atom. The Balaban J connectivity index is 2.41. The molecule has 100 valence electrons. The lowest BCUT2D eigenvalue weighted by atomic mass is 9.65. The molecular formula is C15H20Cl2O. The summed E-state index contributed by atoms with van der Waals surface area (Å²) >= 11 is 12.1. The van der Waals surface area contributed by atoms with Crippen molar-refractivity contribution in [2.45, 2.75) is 57.0 Å². The molecule has 1 fully saturated rings. The van der Waals surface area contributed by atoms with Gasteiger partial charge in [-0.05, 0) is 37.0 Å². The molecule has 0 saturated heterocycles. The fourth-order valence-electron chi connectivity index (χ4n) is 3.19. The van der Waals surface area contributed by atoms with Crippen molar-refractivity contribution in [3.63, 3.8) is 0 Å². The highest BCUT2D eigenvalue weighted by molar-refractivity contribution is 6.42. The van der Waals surface area contributed by atoms with Crippen LogP contribution in [-0.2, 0) is 5.41 Å². The smallest absolute Gasteiger partial charge is 0.0634 e. The Labute approximate surface area is 119 Å². The van der Waals surface area contributed by atoms with Crippen molar-refractivity contribution < 1.29 is 5.11 Å². The second-order valence-corrected chi connectivity index (χ2v) is 6.08. The maximum atomic E-state index is 10.5. The first kappa shape index (κ1) is 14.2. The van der Waals surface area contributed by atoms with Gasteiger partial charge >= 0.3 is 0 Å². The molecule has 3 heteroatoms. The minimum atomic E-state index is -0.296. The third-order valence-corrected chi connectivity index (χ3v) is 5.00. The summed E-state index contributed by atoms with van der Waals surface area (Å²) in [5.41, 5.74) is 1.02. The third kappa shape index (κ3) is 2.54. The molecule has 1 atom stereocenters. The first-order valence-electron chi connectivity index (χ1n) is 6.74. The van der Waals surface area contributed by atoms with Crippen molar-refractivity contribution in [2.24, 2.45) is 0 Å². The van der Waals surface area contributed by atoms with E-state index < -0.39 is 0 Å². The number of aliphatic hydroxyl groups is 1. The van der Waals surface area contributed by atoms with E-state index in [2.05, 4.69) is 0 Å². The molecule has 1 aliphatic rings. The van der Waals surface area contributed by atoms with Crippen LogP contribution < -0.4 is 0 Å². The molecule has 1 aromatic rings. The van der Waals surface area contributed by atoms with E-state index in [0.717, 1.165) is 24.8 Å². The Bertz CT molecular complexity index is 411. The summed E-state index contributed by atoms with van der Waals surface area (Å²) in [5.74, 6) is 0. The van der Waals surface area contributed by atoms with Gasteiger partial charge in [-0.2, -0.15) is 0 Å². The summed E-state index contributed by atoms with van der Waals surface area (Å²) in [6, 6.07) is 5.81. The predicted octanol–water partition coefficient (Wildman–Crippen LogP) is 4.97. The molecule has 1 unspecified atom stereocenters. The van der Waals surface area contributed by atoms with Crippen LogP contribution in [-0.4, -0.2) is 11.2 Å². The number of halogens is 2. The van der Waals surface area contributed by atoms with Crippen LogP contribution >= 0.6 is 23.2 Å². The molecule has 1 aliphatic carbocycles. The van der Waals surface area contributed by atoms with Crippen molar-refractivity contribution in [1.29, 1.82) is 0 Å². The third-order valence-electron chi connectivity index (χ3n) is 4.26. The molecule has 1 N–H and O–H groups in total. The summed E-state index contributed by atoms with van der Waals surface area (Å²) < 4.78 is 0. The molecule has 1 aromatic carbocycles. The van der Waals surface area contributed by atoms with Crippen LogP contribution in [0.3, 0.4) is 0 Å². The minimum Gasteiger partial charge on any atom is -0.392 e. The van der Waals surface area contributed by atoms with E-state index in [1.54, 1.807) is 0 Å². The van der Waals surface area contributed by atoms with Crippen molar-refractivity contribution in [3.8, 4) is 0 Å². The van der Waals surface area contributed by atoms with E-state index >= 15 is 0 Å². The topological polar surface area (TPSA) is 20.2 Å². The van der Waals surface area contributed by atoms with Gasteiger partial charge in [0.05, 0.1) is 16.1 Å². The molecular weight excluding hydrogens is 267 g/mol. The van der Waals surface area contributed by atoms with Crippen LogP contribution in [0, 0.1) is 0 Å². The summed E-state index contributed by atoms with van der Waals surface area (Å²) in [7, 11) is 0. The highest BCUT2D eigenvalue weighted by atomic mass is 35.5. The fourth-order valence-corrected chi connectivity index (χ4v) is 3.49. The van der Waals surface area contributed by atoms with Gasteiger partial charge in [0.15, 0.2) is 0 Å².